The number of halogens is 1. The Balaban J connectivity index is 1.31. The average molecular weight is 432 g/mol. The van der Waals surface area contributed by atoms with Crippen molar-refractivity contribution in [1.82, 2.24) is 14.8 Å². The van der Waals surface area contributed by atoms with E-state index in [1.165, 1.54) is 0 Å². The van der Waals surface area contributed by atoms with Gasteiger partial charge in [-0.1, -0.05) is 11.6 Å². The van der Waals surface area contributed by atoms with Crippen molar-refractivity contribution in [3.63, 3.8) is 0 Å². The van der Waals surface area contributed by atoms with Crippen LogP contribution in [0.3, 0.4) is 0 Å². The quantitative estimate of drug-likeness (QED) is 0.626. The molecule has 0 aliphatic carbocycles. The van der Waals surface area contributed by atoms with E-state index in [-0.39, 0.29) is 11.8 Å². The maximum Gasteiger partial charge on any atom is 0.253 e. The molecule has 3 heterocycles. The van der Waals surface area contributed by atoms with Gasteiger partial charge in [0.25, 0.3) is 5.91 Å². The first-order valence-electron chi connectivity index (χ1n) is 8.90. The topological polar surface area (TPSA) is 53.5 Å². The van der Waals surface area contributed by atoms with E-state index in [1.54, 1.807) is 51.8 Å². The highest BCUT2D eigenvalue weighted by atomic mass is 35.5. The maximum atomic E-state index is 12.6. The summed E-state index contributed by atoms with van der Waals surface area (Å²) in [5.41, 5.74) is 2.52. The molecule has 1 aliphatic heterocycles. The van der Waals surface area contributed by atoms with Crippen LogP contribution >= 0.6 is 34.3 Å². The number of rotatable bonds is 4. The molecule has 0 saturated carbocycles. The monoisotopic (exact) mass is 431 g/mol. The van der Waals surface area contributed by atoms with Crippen LogP contribution in [0.1, 0.15) is 16.1 Å². The van der Waals surface area contributed by atoms with Gasteiger partial charge in [0.15, 0.2) is 0 Å². The summed E-state index contributed by atoms with van der Waals surface area (Å²) in [4.78, 5) is 33.4. The maximum absolute atomic E-state index is 12.6. The fourth-order valence-electron chi connectivity index (χ4n) is 3.11. The predicted octanol–water partition coefficient (Wildman–Crippen LogP) is 4.05. The lowest BCUT2D eigenvalue weighted by atomic mass is 10.1. The van der Waals surface area contributed by atoms with Crippen molar-refractivity contribution < 1.29 is 9.59 Å². The zero-order valence-electron chi connectivity index (χ0n) is 15.0. The Bertz CT molecular complexity index is 962. The molecule has 0 N–H and O–H groups in total. The second-order valence-electron chi connectivity index (χ2n) is 6.51. The number of thiophene rings is 1. The van der Waals surface area contributed by atoms with E-state index in [0.29, 0.717) is 43.2 Å². The van der Waals surface area contributed by atoms with Gasteiger partial charge in [-0.05, 0) is 35.7 Å². The lowest BCUT2D eigenvalue weighted by Crippen LogP contribution is -2.51. The third kappa shape index (κ3) is 4.27. The Labute approximate surface area is 176 Å². The summed E-state index contributed by atoms with van der Waals surface area (Å²) in [7, 11) is 0. The number of piperazine rings is 1. The summed E-state index contributed by atoms with van der Waals surface area (Å²) < 4.78 is 0. The van der Waals surface area contributed by atoms with Gasteiger partial charge < -0.3 is 9.80 Å². The van der Waals surface area contributed by atoms with Crippen LogP contribution < -0.4 is 0 Å². The predicted molar refractivity (Wildman–Crippen MR) is 113 cm³/mol. The zero-order valence-corrected chi connectivity index (χ0v) is 17.4. The van der Waals surface area contributed by atoms with Gasteiger partial charge in [-0.15, -0.1) is 11.3 Å². The minimum Gasteiger partial charge on any atom is -0.339 e. The first-order chi connectivity index (χ1) is 13.6. The van der Waals surface area contributed by atoms with Gasteiger partial charge in [0, 0.05) is 53.1 Å². The highest BCUT2D eigenvalue weighted by molar-refractivity contribution is 7.14. The lowest BCUT2D eigenvalue weighted by Gasteiger charge is -2.34. The van der Waals surface area contributed by atoms with Crippen LogP contribution in [0, 0.1) is 0 Å². The number of benzene rings is 1. The Morgan fingerprint density at radius 1 is 1.00 bits per heavy atom. The molecule has 8 heteroatoms. The molecule has 0 atom stereocenters. The standard InChI is InChI=1S/C20H18ClN3O2S2/c21-16-3-1-14(2-4-16)20(26)24-8-6-23(7-9-24)18(25)11-17-13-28-19(22-17)15-5-10-27-12-15/h1-5,10,12-13H,6-9,11H2. The Morgan fingerprint density at radius 3 is 2.39 bits per heavy atom. The zero-order chi connectivity index (χ0) is 19.5. The normalized spacial score (nSPS) is 14.3. The van der Waals surface area contributed by atoms with Crippen LogP contribution in [0.2, 0.25) is 5.02 Å². The van der Waals surface area contributed by atoms with Gasteiger partial charge in [0.2, 0.25) is 5.91 Å². The van der Waals surface area contributed by atoms with Gasteiger partial charge in [-0.2, -0.15) is 11.3 Å². The smallest absolute Gasteiger partial charge is 0.253 e. The Morgan fingerprint density at radius 2 is 1.71 bits per heavy atom. The Kier molecular flexibility index (Phi) is 5.75. The van der Waals surface area contributed by atoms with E-state index in [0.717, 1.165) is 16.3 Å². The summed E-state index contributed by atoms with van der Waals surface area (Å²) in [5, 5.41) is 7.58. The fourth-order valence-corrected chi connectivity index (χ4v) is 4.77. The van der Waals surface area contributed by atoms with Crippen LogP contribution in [0.4, 0.5) is 0 Å². The third-order valence-electron chi connectivity index (χ3n) is 4.66. The van der Waals surface area contributed by atoms with E-state index in [2.05, 4.69) is 10.4 Å². The third-order valence-corrected chi connectivity index (χ3v) is 6.54. The van der Waals surface area contributed by atoms with E-state index < -0.39 is 0 Å². The van der Waals surface area contributed by atoms with E-state index in [9.17, 15) is 9.59 Å². The first kappa shape index (κ1) is 19.1. The van der Waals surface area contributed by atoms with Crippen molar-refractivity contribution in [3.8, 4) is 10.6 Å². The molecule has 0 radical (unpaired) electrons. The lowest BCUT2D eigenvalue weighted by molar-refractivity contribution is -0.132. The molecule has 144 valence electrons. The minimum atomic E-state index is -0.0244. The number of hydrogen-bond acceptors (Lipinski definition) is 5. The molecule has 1 aliphatic rings. The molecule has 3 aromatic rings. The molecule has 1 aromatic carbocycles. The highest BCUT2D eigenvalue weighted by Crippen LogP contribution is 2.26. The highest BCUT2D eigenvalue weighted by Gasteiger charge is 2.25. The number of aromatic nitrogens is 1. The van der Waals surface area contributed by atoms with Crippen LogP contribution in [-0.2, 0) is 11.2 Å². The van der Waals surface area contributed by atoms with Gasteiger partial charge in [-0.3, -0.25) is 9.59 Å². The first-order valence-corrected chi connectivity index (χ1v) is 11.1. The minimum absolute atomic E-state index is 0.0244. The average Bonchev–Trinajstić information content (AvgIpc) is 3.40. The number of carbonyl (C=O) groups is 2. The molecule has 5 nitrogen and oxygen atoms in total. The van der Waals surface area contributed by atoms with Gasteiger partial charge in [0.05, 0.1) is 12.1 Å². The molecule has 0 spiro atoms. The van der Waals surface area contributed by atoms with Crippen molar-refractivity contribution in [2.45, 2.75) is 6.42 Å². The molecule has 0 bridgehead atoms. The molecule has 1 saturated heterocycles. The van der Waals surface area contributed by atoms with Gasteiger partial charge in [-0.25, -0.2) is 4.98 Å². The largest absolute Gasteiger partial charge is 0.339 e. The van der Waals surface area contributed by atoms with Crippen molar-refractivity contribution >= 4 is 46.1 Å². The molecule has 2 aromatic heterocycles. The van der Waals surface area contributed by atoms with Gasteiger partial charge in [0.1, 0.15) is 5.01 Å². The Hall–Kier alpha value is -2.22. The summed E-state index contributed by atoms with van der Waals surface area (Å²) >= 11 is 9.08. The van der Waals surface area contributed by atoms with Crippen LogP contribution in [-0.4, -0.2) is 52.8 Å². The van der Waals surface area contributed by atoms with Crippen molar-refractivity contribution in [3.05, 3.63) is 62.8 Å². The van der Waals surface area contributed by atoms with E-state index >= 15 is 0 Å². The number of amides is 2. The van der Waals surface area contributed by atoms with Crippen LogP contribution in [0.15, 0.2) is 46.5 Å². The number of thiazole rings is 1. The van der Waals surface area contributed by atoms with Crippen molar-refractivity contribution in [1.29, 1.82) is 0 Å². The van der Waals surface area contributed by atoms with E-state index in [4.69, 9.17) is 11.6 Å². The molecule has 28 heavy (non-hydrogen) atoms. The summed E-state index contributed by atoms with van der Waals surface area (Å²) in [5.74, 6) is 0.0319. The molecule has 4 rings (SSSR count). The second-order valence-corrected chi connectivity index (χ2v) is 8.59. The summed E-state index contributed by atoms with van der Waals surface area (Å²) in [6.45, 7) is 2.15. The van der Waals surface area contributed by atoms with Crippen molar-refractivity contribution in [2.24, 2.45) is 0 Å². The summed E-state index contributed by atoms with van der Waals surface area (Å²) in [6.07, 6.45) is 0.297. The summed E-state index contributed by atoms with van der Waals surface area (Å²) in [6, 6.07) is 8.93. The number of nitrogens with zero attached hydrogens (tertiary/aromatic N) is 3. The SMILES string of the molecule is O=C(Cc1csc(-c2ccsc2)n1)N1CCN(C(=O)c2ccc(Cl)cc2)CC1. The second kappa shape index (κ2) is 8.43. The van der Waals surface area contributed by atoms with E-state index in [1.807, 2.05) is 21.7 Å². The molecule has 2 amide bonds. The number of hydrogen-bond donors (Lipinski definition) is 0. The number of carbonyl (C=O) groups excluding carboxylic acids is 2. The van der Waals surface area contributed by atoms with Crippen LogP contribution in [0.5, 0.6) is 0 Å². The molecular formula is C20H18ClN3O2S2. The molecular weight excluding hydrogens is 414 g/mol. The van der Waals surface area contributed by atoms with Gasteiger partial charge >= 0.3 is 0 Å². The molecule has 0 unspecified atom stereocenters. The van der Waals surface area contributed by atoms with Crippen LogP contribution in [0.25, 0.3) is 10.6 Å². The molecule has 1 fully saturated rings. The van der Waals surface area contributed by atoms with Crippen molar-refractivity contribution in [2.75, 3.05) is 26.2 Å². The fraction of sp³-hybridized carbons (Fsp3) is 0.250.